The highest BCUT2D eigenvalue weighted by Gasteiger charge is 2.31. The number of benzene rings is 2. The van der Waals surface area contributed by atoms with Crippen LogP contribution in [0.5, 0.6) is 0 Å². The smallest absolute Gasteiger partial charge is 0.340 e. The second kappa shape index (κ2) is 5.59. The summed E-state index contributed by atoms with van der Waals surface area (Å²) >= 11 is 3.52. The first-order valence-corrected chi connectivity index (χ1v) is 7.63. The van der Waals surface area contributed by atoms with Crippen molar-refractivity contribution in [2.75, 3.05) is 11.4 Å². The van der Waals surface area contributed by atoms with Crippen LogP contribution in [0, 0.1) is 0 Å². The number of rotatable bonds is 1. The van der Waals surface area contributed by atoms with Gasteiger partial charge in [-0.15, -0.1) is 0 Å². The molecule has 22 heavy (non-hydrogen) atoms. The van der Waals surface area contributed by atoms with Gasteiger partial charge in [0, 0.05) is 28.4 Å². The van der Waals surface area contributed by atoms with Crippen molar-refractivity contribution in [3.05, 3.63) is 58.1 Å². The summed E-state index contributed by atoms with van der Waals surface area (Å²) in [7, 11) is 0. The molecule has 0 aliphatic carbocycles. The third-order valence-electron chi connectivity index (χ3n) is 3.77. The molecule has 2 N–H and O–H groups in total. The van der Waals surface area contributed by atoms with Gasteiger partial charge in [0.05, 0.1) is 5.56 Å². The lowest BCUT2D eigenvalue weighted by molar-refractivity contribution is -0.137. The third-order valence-corrected chi connectivity index (χ3v) is 4.52. The Kier molecular flexibility index (Phi) is 3.91. The predicted octanol–water partition coefficient (Wildman–Crippen LogP) is 4.49. The lowest BCUT2D eigenvalue weighted by Gasteiger charge is -2.35. The van der Waals surface area contributed by atoms with Gasteiger partial charge in [-0.2, -0.15) is 13.2 Å². The van der Waals surface area contributed by atoms with Crippen molar-refractivity contribution >= 4 is 27.3 Å². The Hall–Kier alpha value is -1.53. The molecule has 1 aliphatic heterocycles. The summed E-state index contributed by atoms with van der Waals surface area (Å²) in [5.41, 5.74) is 8.23. The maximum atomic E-state index is 12.7. The molecule has 0 fully saturated rings. The largest absolute Gasteiger partial charge is 0.416 e. The second-order valence-electron chi connectivity index (χ2n) is 5.36. The van der Waals surface area contributed by atoms with E-state index in [9.17, 15) is 13.2 Å². The van der Waals surface area contributed by atoms with Crippen LogP contribution in [0.3, 0.4) is 0 Å². The van der Waals surface area contributed by atoms with E-state index in [2.05, 4.69) is 15.9 Å². The molecule has 1 aliphatic rings. The molecule has 0 spiro atoms. The van der Waals surface area contributed by atoms with Crippen molar-refractivity contribution in [1.82, 2.24) is 0 Å². The average Bonchev–Trinajstić information content (AvgIpc) is 2.47. The van der Waals surface area contributed by atoms with Gasteiger partial charge in [-0.25, -0.2) is 0 Å². The fourth-order valence-electron chi connectivity index (χ4n) is 2.74. The quantitative estimate of drug-likeness (QED) is 0.801. The topological polar surface area (TPSA) is 29.3 Å². The summed E-state index contributed by atoms with van der Waals surface area (Å²) in [4.78, 5) is 1.97. The predicted molar refractivity (Wildman–Crippen MR) is 84.3 cm³/mol. The van der Waals surface area contributed by atoms with Crippen LogP contribution in [0.15, 0.2) is 46.9 Å². The van der Waals surface area contributed by atoms with Crippen molar-refractivity contribution in [3.8, 4) is 0 Å². The average molecular weight is 371 g/mol. The van der Waals surface area contributed by atoms with Gasteiger partial charge in [-0.05, 0) is 48.4 Å². The van der Waals surface area contributed by atoms with Crippen LogP contribution in [0.4, 0.5) is 24.5 Å². The first-order chi connectivity index (χ1) is 10.4. The number of nitrogens with zero attached hydrogens (tertiary/aromatic N) is 1. The monoisotopic (exact) mass is 370 g/mol. The van der Waals surface area contributed by atoms with Gasteiger partial charge in [0.15, 0.2) is 0 Å². The van der Waals surface area contributed by atoms with Crippen molar-refractivity contribution < 1.29 is 13.2 Å². The first-order valence-electron chi connectivity index (χ1n) is 6.84. The molecule has 116 valence electrons. The van der Waals surface area contributed by atoms with Gasteiger partial charge < -0.3 is 10.6 Å². The lowest BCUT2D eigenvalue weighted by Crippen LogP contribution is -2.41. The van der Waals surface area contributed by atoms with Gasteiger partial charge in [0.25, 0.3) is 0 Å². The summed E-state index contributed by atoms with van der Waals surface area (Å²) in [6.45, 7) is 0.578. The molecule has 2 nitrogen and oxygen atoms in total. The molecule has 0 saturated carbocycles. The molecule has 0 saturated heterocycles. The fourth-order valence-corrected chi connectivity index (χ4v) is 3.25. The Balaban J connectivity index is 2.01. The van der Waals surface area contributed by atoms with Crippen LogP contribution < -0.4 is 10.6 Å². The Morgan fingerprint density at radius 2 is 1.77 bits per heavy atom. The minimum absolute atomic E-state index is 0.0616. The highest BCUT2D eigenvalue weighted by atomic mass is 79.9. The molecule has 0 bridgehead atoms. The van der Waals surface area contributed by atoms with Crippen LogP contribution in [-0.2, 0) is 12.6 Å². The third kappa shape index (κ3) is 2.85. The summed E-state index contributed by atoms with van der Waals surface area (Å²) in [6.07, 6.45) is -3.58. The van der Waals surface area contributed by atoms with Crippen LogP contribution >= 0.6 is 15.9 Å². The van der Waals surface area contributed by atoms with Crippen LogP contribution in [0.2, 0.25) is 0 Å². The highest BCUT2D eigenvalue weighted by Crippen LogP contribution is 2.38. The summed E-state index contributed by atoms with van der Waals surface area (Å²) in [5.74, 6) is 0. The molecule has 1 atom stereocenters. The number of halogens is 4. The number of nitrogens with two attached hydrogens (primary N) is 1. The summed E-state index contributed by atoms with van der Waals surface area (Å²) in [5, 5.41) is 0. The molecule has 0 radical (unpaired) electrons. The second-order valence-corrected chi connectivity index (χ2v) is 6.21. The van der Waals surface area contributed by atoms with Gasteiger partial charge in [-0.1, -0.05) is 22.0 Å². The summed E-state index contributed by atoms with van der Waals surface area (Å²) < 4.78 is 39.0. The molecule has 0 aromatic heterocycles. The first kappa shape index (κ1) is 15.4. The SMILES string of the molecule is NC1Cc2c(Br)cccc2N(c2ccc(C(F)(F)F)cc2)C1. The number of fused-ring (bicyclic) bond motifs is 1. The fraction of sp³-hybridized carbons (Fsp3) is 0.250. The number of anilines is 2. The number of alkyl halides is 3. The minimum Gasteiger partial charge on any atom is -0.340 e. The molecular formula is C16H14BrF3N2. The standard InChI is InChI=1S/C16H14BrF3N2/c17-14-2-1-3-15-13(14)8-11(21)9-22(15)12-6-4-10(5-7-12)16(18,19)20/h1-7,11H,8-9,21H2. The van der Waals surface area contributed by atoms with Gasteiger partial charge in [0.2, 0.25) is 0 Å². The van der Waals surface area contributed by atoms with E-state index in [1.807, 2.05) is 23.1 Å². The van der Waals surface area contributed by atoms with E-state index in [0.29, 0.717) is 12.2 Å². The van der Waals surface area contributed by atoms with Crippen molar-refractivity contribution in [2.24, 2.45) is 5.73 Å². The molecule has 0 amide bonds. The van der Waals surface area contributed by atoms with Crippen LogP contribution in [0.25, 0.3) is 0 Å². The maximum absolute atomic E-state index is 12.7. The van der Waals surface area contributed by atoms with E-state index < -0.39 is 11.7 Å². The van der Waals surface area contributed by atoms with E-state index in [-0.39, 0.29) is 6.04 Å². The van der Waals surface area contributed by atoms with E-state index in [1.165, 1.54) is 12.1 Å². The number of hydrogen-bond donors (Lipinski definition) is 1. The Labute approximate surface area is 134 Å². The Bertz CT molecular complexity index is 683. The van der Waals surface area contributed by atoms with Crippen LogP contribution in [0.1, 0.15) is 11.1 Å². The van der Waals surface area contributed by atoms with Crippen molar-refractivity contribution in [2.45, 2.75) is 18.6 Å². The maximum Gasteiger partial charge on any atom is 0.416 e. The highest BCUT2D eigenvalue weighted by molar-refractivity contribution is 9.10. The van der Waals surface area contributed by atoms with Crippen LogP contribution in [-0.4, -0.2) is 12.6 Å². The minimum atomic E-state index is -4.32. The van der Waals surface area contributed by atoms with E-state index in [0.717, 1.165) is 34.3 Å². The van der Waals surface area contributed by atoms with Crippen molar-refractivity contribution in [1.29, 1.82) is 0 Å². The molecule has 2 aromatic rings. The zero-order chi connectivity index (χ0) is 15.9. The number of hydrogen-bond acceptors (Lipinski definition) is 2. The van der Waals surface area contributed by atoms with E-state index >= 15 is 0 Å². The van der Waals surface area contributed by atoms with E-state index in [4.69, 9.17) is 5.73 Å². The molecule has 6 heteroatoms. The summed E-state index contributed by atoms with van der Waals surface area (Å²) in [6, 6.07) is 11.0. The molecule has 3 rings (SSSR count). The van der Waals surface area contributed by atoms with Crippen molar-refractivity contribution in [3.63, 3.8) is 0 Å². The zero-order valence-electron chi connectivity index (χ0n) is 11.6. The Morgan fingerprint density at radius 1 is 1.09 bits per heavy atom. The molecule has 2 aromatic carbocycles. The molecule has 1 heterocycles. The lowest BCUT2D eigenvalue weighted by atomic mass is 9.97. The van der Waals surface area contributed by atoms with Gasteiger partial charge >= 0.3 is 6.18 Å². The Morgan fingerprint density at radius 3 is 2.41 bits per heavy atom. The van der Waals surface area contributed by atoms with Gasteiger partial charge in [-0.3, -0.25) is 0 Å². The zero-order valence-corrected chi connectivity index (χ0v) is 13.2. The molecular weight excluding hydrogens is 357 g/mol. The van der Waals surface area contributed by atoms with E-state index in [1.54, 1.807) is 0 Å². The van der Waals surface area contributed by atoms with Gasteiger partial charge in [0.1, 0.15) is 0 Å². The molecule has 1 unspecified atom stereocenters. The normalized spacial score (nSPS) is 18.2.